The van der Waals surface area contributed by atoms with E-state index in [1.807, 2.05) is 36.2 Å². The summed E-state index contributed by atoms with van der Waals surface area (Å²) in [4.78, 5) is 14.1. The topological polar surface area (TPSA) is 46.3 Å². The lowest BCUT2D eigenvalue weighted by Crippen LogP contribution is -2.32. The van der Waals surface area contributed by atoms with Gasteiger partial charge in [0.1, 0.15) is 0 Å². The molecule has 2 atom stereocenters. The lowest BCUT2D eigenvalue weighted by Gasteiger charge is -2.22. The van der Waals surface area contributed by atoms with Crippen molar-refractivity contribution in [2.45, 2.75) is 25.8 Å². The van der Waals surface area contributed by atoms with Crippen molar-refractivity contribution >= 4 is 11.6 Å². The number of fused-ring (bicyclic) bond motifs is 1. The lowest BCUT2D eigenvalue weighted by molar-refractivity contribution is -0.134. The lowest BCUT2D eigenvalue weighted by atomic mass is 10.0. The molecule has 2 N–H and O–H groups in total. The number of hydrogen-bond acceptors (Lipinski definition) is 2. The molecule has 96 valence electrons. The molecule has 1 aromatic carbocycles. The van der Waals surface area contributed by atoms with Crippen LogP contribution in [0.1, 0.15) is 24.8 Å². The van der Waals surface area contributed by atoms with Gasteiger partial charge in [-0.05, 0) is 42.7 Å². The third-order valence-corrected chi connectivity index (χ3v) is 4.43. The molecule has 0 radical (unpaired) electrons. The van der Waals surface area contributed by atoms with Gasteiger partial charge in [0.05, 0.1) is 0 Å². The fourth-order valence-electron chi connectivity index (χ4n) is 3.24. The molecule has 0 saturated heterocycles. The number of nitrogen functional groups attached to an aromatic ring is 1. The van der Waals surface area contributed by atoms with Gasteiger partial charge in [0.2, 0.25) is 5.91 Å². The van der Waals surface area contributed by atoms with Gasteiger partial charge in [-0.25, -0.2) is 0 Å². The van der Waals surface area contributed by atoms with Gasteiger partial charge in [0, 0.05) is 25.2 Å². The number of anilines is 1. The fraction of sp³-hybridized carbons (Fsp3) is 0.533. The van der Waals surface area contributed by atoms with Gasteiger partial charge in [-0.3, -0.25) is 4.79 Å². The van der Waals surface area contributed by atoms with Crippen LogP contribution in [0.3, 0.4) is 0 Å². The van der Waals surface area contributed by atoms with E-state index >= 15 is 0 Å². The van der Waals surface area contributed by atoms with Gasteiger partial charge < -0.3 is 10.6 Å². The van der Waals surface area contributed by atoms with Gasteiger partial charge in [0.25, 0.3) is 0 Å². The highest BCUT2D eigenvalue weighted by Gasteiger charge is 2.48. The van der Waals surface area contributed by atoms with Gasteiger partial charge in [0.15, 0.2) is 0 Å². The van der Waals surface area contributed by atoms with Gasteiger partial charge in [-0.15, -0.1) is 0 Å². The molecule has 2 aliphatic carbocycles. The first-order valence-electron chi connectivity index (χ1n) is 6.73. The average Bonchev–Trinajstić information content (AvgIpc) is 2.98. The van der Waals surface area contributed by atoms with E-state index in [-0.39, 0.29) is 5.92 Å². The maximum atomic E-state index is 12.3. The Bertz CT molecular complexity index is 461. The third kappa shape index (κ3) is 2.09. The highest BCUT2D eigenvalue weighted by Crippen LogP contribution is 2.54. The highest BCUT2D eigenvalue weighted by molar-refractivity contribution is 5.79. The summed E-state index contributed by atoms with van der Waals surface area (Å²) in [6.07, 6.45) is 3.58. The first-order valence-corrected chi connectivity index (χ1v) is 6.73. The Morgan fingerprint density at radius 3 is 2.61 bits per heavy atom. The number of carbonyl (C=O) groups excluding carboxylic acids is 1. The normalized spacial score (nSPS) is 28.8. The Morgan fingerprint density at radius 1 is 1.28 bits per heavy atom. The molecule has 3 nitrogen and oxygen atoms in total. The number of nitrogens with zero attached hydrogens (tertiary/aromatic N) is 1. The summed E-state index contributed by atoms with van der Waals surface area (Å²) in [6.45, 7) is 0.622. The van der Waals surface area contributed by atoms with Crippen molar-refractivity contribution < 1.29 is 4.79 Å². The molecule has 0 bridgehead atoms. The summed E-state index contributed by atoms with van der Waals surface area (Å²) in [5, 5.41) is 0. The molecule has 0 aromatic heterocycles. The zero-order valence-corrected chi connectivity index (χ0v) is 10.8. The van der Waals surface area contributed by atoms with Crippen LogP contribution >= 0.6 is 0 Å². The quantitative estimate of drug-likeness (QED) is 0.829. The summed E-state index contributed by atoms with van der Waals surface area (Å²) in [5.41, 5.74) is 7.72. The van der Waals surface area contributed by atoms with E-state index in [0.717, 1.165) is 35.9 Å². The van der Waals surface area contributed by atoms with Crippen molar-refractivity contribution in [2.75, 3.05) is 12.8 Å². The molecule has 0 spiro atoms. The van der Waals surface area contributed by atoms with E-state index in [4.69, 9.17) is 5.73 Å². The molecular formula is C15H20N2O. The molecule has 3 heteroatoms. The monoisotopic (exact) mass is 244 g/mol. The maximum absolute atomic E-state index is 12.3. The molecule has 0 heterocycles. The highest BCUT2D eigenvalue weighted by atomic mass is 16.2. The van der Waals surface area contributed by atoms with Crippen LogP contribution in [-0.2, 0) is 11.3 Å². The fourth-order valence-corrected chi connectivity index (χ4v) is 3.24. The standard InChI is InChI=1S/C15H20N2O/c1-17(9-10-4-2-3-5-14(10)16)15(18)13-7-11-6-12(11)8-13/h2-5,11-13H,6-9,16H2,1H3. The van der Waals surface area contributed by atoms with Crippen molar-refractivity contribution in [3.63, 3.8) is 0 Å². The van der Waals surface area contributed by atoms with E-state index < -0.39 is 0 Å². The predicted octanol–water partition coefficient (Wildman–Crippen LogP) is 2.27. The summed E-state index contributed by atoms with van der Waals surface area (Å²) in [7, 11) is 1.89. The number of benzene rings is 1. The third-order valence-electron chi connectivity index (χ3n) is 4.43. The summed E-state index contributed by atoms with van der Waals surface area (Å²) >= 11 is 0. The molecular weight excluding hydrogens is 224 g/mol. The molecule has 2 unspecified atom stereocenters. The Labute approximate surface area is 108 Å². The molecule has 0 aliphatic heterocycles. The first kappa shape index (κ1) is 11.6. The van der Waals surface area contributed by atoms with Gasteiger partial charge in [-0.2, -0.15) is 0 Å². The molecule has 1 amide bonds. The average molecular weight is 244 g/mol. The predicted molar refractivity (Wildman–Crippen MR) is 71.6 cm³/mol. The Morgan fingerprint density at radius 2 is 1.94 bits per heavy atom. The Hall–Kier alpha value is -1.51. The molecule has 2 aliphatic rings. The molecule has 2 fully saturated rings. The van der Waals surface area contributed by atoms with Crippen LogP contribution in [0.5, 0.6) is 0 Å². The van der Waals surface area contributed by atoms with E-state index in [2.05, 4.69) is 0 Å². The summed E-state index contributed by atoms with van der Waals surface area (Å²) in [6, 6.07) is 7.77. The Balaban J connectivity index is 1.62. The van der Waals surface area contributed by atoms with Crippen LogP contribution in [0, 0.1) is 17.8 Å². The van der Waals surface area contributed by atoms with Crippen molar-refractivity contribution in [1.29, 1.82) is 0 Å². The van der Waals surface area contributed by atoms with Gasteiger partial charge >= 0.3 is 0 Å². The first-order chi connectivity index (χ1) is 8.65. The smallest absolute Gasteiger partial charge is 0.225 e. The van der Waals surface area contributed by atoms with E-state index in [0.29, 0.717) is 12.5 Å². The zero-order valence-electron chi connectivity index (χ0n) is 10.8. The van der Waals surface area contributed by atoms with Crippen LogP contribution in [0.4, 0.5) is 5.69 Å². The second-order valence-electron chi connectivity index (χ2n) is 5.82. The minimum Gasteiger partial charge on any atom is -0.398 e. The molecule has 18 heavy (non-hydrogen) atoms. The van der Waals surface area contributed by atoms with Crippen molar-refractivity contribution in [1.82, 2.24) is 4.90 Å². The largest absolute Gasteiger partial charge is 0.398 e. The van der Waals surface area contributed by atoms with E-state index in [1.165, 1.54) is 6.42 Å². The van der Waals surface area contributed by atoms with Crippen molar-refractivity contribution in [3.05, 3.63) is 29.8 Å². The van der Waals surface area contributed by atoms with Crippen LogP contribution in [0.15, 0.2) is 24.3 Å². The number of amides is 1. The number of carbonyl (C=O) groups is 1. The Kier molecular flexibility index (Phi) is 2.77. The second-order valence-corrected chi connectivity index (χ2v) is 5.82. The van der Waals surface area contributed by atoms with Crippen LogP contribution in [-0.4, -0.2) is 17.9 Å². The molecule has 1 aromatic rings. The van der Waals surface area contributed by atoms with Crippen molar-refractivity contribution in [3.8, 4) is 0 Å². The summed E-state index contributed by atoms with van der Waals surface area (Å²) in [5.74, 6) is 2.28. The minimum absolute atomic E-state index is 0.267. The molecule has 3 rings (SSSR count). The summed E-state index contributed by atoms with van der Waals surface area (Å²) < 4.78 is 0. The van der Waals surface area contributed by atoms with E-state index in [1.54, 1.807) is 0 Å². The minimum atomic E-state index is 0.267. The van der Waals surface area contributed by atoms with Gasteiger partial charge in [-0.1, -0.05) is 18.2 Å². The number of nitrogens with two attached hydrogens (primary N) is 1. The van der Waals surface area contributed by atoms with E-state index in [9.17, 15) is 4.79 Å². The number of rotatable bonds is 3. The van der Waals surface area contributed by atoms with Crippen molar-refractivity contribution in [2.24, 2.45) is 17.8 Å². The number of hydrogen-bond donors (Lipinski definition) is 1. The van der Waals surface area contributed by atoms with Crippen LogP contribution in [0.25, 0.3) is 0 Å². The van der Waals surface area contributed by atoms with Crippen LogP contribution < -0.4 is 5.73 Å². The maximum Gasteiger partial charge on any atom is 0.225 e. The second kappa shape index (κ2) is 4.30. The van der Waals surface area contributed by atoms with Crippen LogP contribution in [0.2, 0.25) is 0 Å². The zero-order chi connectivity index (χ0) is 12.7. The SMILES string of the molecule is CN(Cc1ccccc1N)C(=O)C1CC2CC2C1. The molecule has 2 saturated carbocycles. The number of para-hydroxylation sites is 1.